The highest BCUT2D eigenvalue weighted by atomic mass is 35.5. The molecule has 1 aliphatic heterocycles. The molecule has 1 fully saturated rings. The first-order chi connectivity index (χ1) is 12.8. The lowest BCUT2D eigenvalue weighted by atomic mass is 10.1. The molecule has 1 atom stereocenters. The zero-order valence-electron chi connectivity index (χ0n) is 14.4. The standard InChI is InChI=1S/C19H21ClN6/c20-17-6-1-2-7-18(17)26-13-15(12-24-26)11-23-16-5-3-10-25(14-16)19-21-8-4-9-22-19/h1-2,4,6-9,12-13,16,23H,3,5,10-11,14H2/t16-/m0/s1. The van der Waals surface area contributed by atoms with E-state index in [4.69, 9.17) is 11.6 Å². The molecule has 134 valence electrons. The molecule has 0 radical (unpaired) electrons. The predicted molar refractivity (Wildman–Crippen MR) is 103 cm³/mol. The Morgan fingerprint density at radius 2 is 2.00 bits per heavy atom. The predicted octanol–water partition coefficient (Wildman–Crippen LogP) is 3.07. The van der Waals surface area contributed by atoms with Gasteiger partial charge in [0.1, 0.15) is 0 Å². The quantitative estimate of drug-likeness (QED) is 0.750. The maximum Gasteiger partial charge on any atom is 0.225 e. The molecule has 6 nitrogen and oxygen atoms in total. The van der Waals surface area contributed by atoms with E-state index in [0.717, 1.165) is 49.7 Å². The van der Waals surface area contributed by atoms with Crippen molar-refractivity contribution < 1.29 is 0 Å². The smallest absolute Gasteiger partial charge is 0.225 e. The number of piperidine rings is 1. The first-order valence-corrected chi connectivity index (χ1v) is 9.21. The van der Waals surface area contributed by atoms with Crippen LogP contribution in [0.5, 0.6) is 0 Å². The number of hydrogen-bond donors (Lipinski definition) is 1. The van der Waals surface area contributed by atoms with Crippen molar-refractivity contribution in [2.75, 3.05) is 18.0 Å². The van der Waals surface area contributed by atoms with Crippen molar-refractivity contribution in [3.63, 3.8) is 0 Å². The van der Waals surface area contributed by atoms with Gasteiger partial charge in [-0.3, -0.25) is 0 Å². The summed E-state index contributed by atoms with van der Waals surface area (Å²) in [5.41, 5.74) is 2.03. The van der Waals surface area contributed by atoms with Crippen molar-refractivity contribution in [3.05, 3.63) is 65.7 Å². The average Bonchev–Trinajstić information content (AvgIpc) is 3.16. The fourth-order valence-electron chi connectivity index (χ4n) is 3.26. The van der Waals surface area contributed by atoms with E-state index in [1.807, 2.05) is 47.4 Å². The fourth-order valence-corrected chi connectivity index (χ4v) is 3.49. The van der Waals surface area contributed by atoms with Crippen LogP contribution in [-0.4, -0.2) is 38.9 Å². The summed E-state index contributed by atoms with van der Waals surface area (Å²) in [6.45, 7) is 2.70. The summed E-state index contributed by atoms with van der Waals surface area (Å²) in [7, 11) is 0. The van der Waals surface area contributed by atoms with Gasteiger partial charge in [0.05, 0.1) is 16.9 Å². The van der Waals surface area contributed by atoms with E-state index < -0.39 is 0 Å². The maximum absolute atomic E-state index is 6.25. The van der Waals surface area contributed by atoms with Gasteiger partial charge < -0.3 is 10.2 Å². The molecule has 0 saturated carbocycles. The lowest BCUT2D eigenvalue weighted by Gasteiger charge is -2.33. The molecule has 1 aromatic carbocycles. The summed E-state index contributed by atoms with van der Waals surface area (Å²) in [5.74, 6) is 0.811. The number of rotatable bonds is 5. The third-order valence-corrected chi connectivity index (χ3v) is 4.91. The number of hydrogen-bond acceptors (Lipinski definition) is 5. The second-order valence-electron chi connectivity index (χ2n) is 6.46. The first-order valence-electron chi connectivity index (χ1n) is 8.83. The molecule has 0 aliphatic carbocycles. The molecule has 0 bridgehead atoms. The van der Waals surface area contributed by atoms with Gasteiger partial charge in [0, 0.05) is 49.8 Å². The van der Waals surface area contributed by atoms with Crippen LogP contribution in [0.4, 0.5) is 5.95 Å². The van der Waals surface area contributed by atoms with Gasteiger partial charge in [0.25, 0.3) is 0 Å². The summed E-state index contributed by atoms with van der Waals surface area (Å²) < 4.78 is 1.82. The Bertz CT molecular complexity index is 850. The van der Waals surface area contributed by atoms with Crippen molar-refractivity contribution in [1.82, 2.24) is 25.1 Å². The van der Waals surface area contributed by atoms with Gasteiger partial charge in [-0.15, -0.1) is 0 Å². The van der Waals surface area contributed by atoms with Gasteiger partial charge >= 0.3 is 0 Å². The molecule has 7 heteroatoms. The normalized spacial score (nSPS) is 17.4. The van der Waals surface area contributed by atoms with Crippen molar-refractivity contribution in [3.8, 4) is 5.69 Å². The van der Waals surface area contributed by atoms with Gasteiger partial charge in [-0.1, -0.05) is 23.7 Å². The van der Waals surface area contributed by atoms with Crippen LogP contribution in [0.15, 0.2) is 55.1 Å². The highest BCUT2D eigenvalue weighted by molar-refractivity contribution is 6.32. The SMILES string of the molecule is Clc1ccccc1-n1cc(CN[C@H]2CCCN(c3ncccn3)C2)cn1. The van der Waals surface area contributed by atoms with Crippen LogP contribution in [0.2, 0.25) is 5.02 Å². The Labute approximate surface area is 157 Å². The molecular weight excluding hydrogens is 348 g/mol. The Balaban J connectivity index is 1.36. The molecule has 4 rings (SSSR count). The lowest BCUT2D eigenvalue weighted by Crippen LogP contribution is -2.46. The largest absolute Gasteiger partial charge is 0.339 e. The zero-order valence-corrected chi connectivity index (χ0v) is 15.2. The zero-order chi connectivity index (χ0) is 17.8. The highest BCUT2D eigenvalue weighted by Crippen LogP contribution is 2.20. The van der Waals surface area contributed by atoms with E-state index in [1.54, 1.807) is 12.4 Å². The Kier molecular flexibility index (Phi) is 5.13. The van der Waals surface area contributed by atoms with Gasteiger partial charge in [-0.2, -0.15) is 5.10 Å². The number of benzene rings is 1. The molecule has 3 heterocycles. The number of aromatic nitrogens is 4. The Morgan fingerprint density at radius 3 is 2.85 bits per heavy atom. The topological polar surface area (TPSA) is 58.9 Å². The van der Waals surface area contributed by atoms with E-state index in [9.17, 15) is 0 Å². The summed E-state index contributed by atoms with van der Waals surface area (Å²) in [6, 6.07) is 9.98. The second kappa shape index (κ2) is 7.85. The van der Waals surface area contributed by atoms with Crippen LogP contribution in [-0.2, 0) is 6.54 Å². The summed E-state index contributed by atoms with van der Waals surface area (Å²) in [4.78, 5) is 11.0. The van der Waals surface area contributed by atoms with Crippen LogP contribution in [0.3, 0.4) is 0 Å². The number of nitrogens with zero attached hydrogens (tertiary/aromatic N) is 5. The van der Waals surface area contributed by atoms with Crippen molar-refractivity contribution in [1.29, 1.82) is 0 Å². The molecule has 0 amide bonds. The minimum absolute atomic E-state index is 0.413. The first kappa shape index (κ1) is 17.0. The van der Waals surface area contributed by atoms with Crippen LogP contribution in [0.25, 0.3) is 5.69 Å². The van der Waals surface area contributed by atoms with E-state index in [0.29, 0.717) is 11.1 Å². The molecular formula is C19H21ClN6. The summed E-state index contributed by atoms with van der Waals surface area (Å²) >= 11 is 6.25. The number of anilines is 1. The Morgan fingerprint density at radius 1 is 1.15 bits per heavy atom. The van der Waals surface area contributed by atoms with E-state index in [-0.39, 0.29) is 0 Å². The molecule has 1 aliphatic rings. The van der Waals surface area contributed by atoms with E-state index >= 15 is 0 Å². The third-order valence-electron chi connectivity index (χ3n) is 4.59. The lowest BCUT2D eigenvalue weighted by molar-refractivity contribution is 0.418. The van der Waals surface area contributed by atoms with Crippen LogP contribution in [0, 0.1) is 0 Å². The van der Waals surface area contributed by atoms with Gasteiger partial charge in [0.2, 0.25) is 5.95 Å². The van der Waals surface area contributed by atoms with E-state index in [2.05, 4.69) is 25.3 Å². The van der Waals surface area contributed by atoms with Gasteiger partial charge in [-0.25, -0.2) is 14.6 Å². The van der Waals surface area contributed by atoms with Gasteiger partial charge in [-0.05, 0) is 31.0 Å². The summed E-state index contributed by atoms with van der Waals surface area (Å²) in [5, 5.41) is 8.76. The minimum atomic E-state index is 0.413. The van der Waals surface area contributed by atoms with Crippen LogP contribution < -0.4 is 10.2 Å². The van der Waals surface area contributed by atoms with Crippen molar-refractivity contribution in [2.45, 2.75) is 25.4 Å². The summed E-state index contributed by atoms with van der Waals surface area (Å²) in [6.07, 6.45) is 9.79. The van der Waals surface area contributed by atoms with Crippen LogP contribution in [0.1, 0.15) is 18.4 Å². The molecule has 0 unspecified atom stereocenters. The Hall–Kier alpha value is -2.44. The number of nitrogens with one attached hydrogen (secondary N) is 1. The molecule has 0 spiro atoms. The maximum atomic E-state index is 6.25. The second-order valence-corrected chi connectivity index (χ2v) is 6.87. The van der Waals surface area contributed by atoms with Crippen molar-refractivity contribution >= 4 is 17.5 Å². The molecule has 3 aromatic rings. The van der Waals surface area contributed by atoms with Crippen molar-refractivity contribution in [2.24, 2.45) is 0 Å². The molecule has 1 N–H and O–H groups in total. The van der Waals surface area contributed by atoms with Gasteiger partial charge in [0.15, 0.2) is 0 Å². The molecule has 26 heavy (non-hydrogen) atoms. The van der Waals surface area contributed by atoms with E-state index in [1.165, 1.54) is 0 Å². The number of halogens is 1. The average molecular weight is 369 g/mol. The minimum Gasteiger partial charge on any atom is -0.339 e. The third kappa shape index (κ3) is 3.86. The van der Waals surface area contributed by atoms with Crippen LogP contribution >= 0.6 is 11.6 Å². The molecule has 1 saturated heterocycles. The number of para-hydroxylation sites is 1. The highest BCUT2D eigenvalue weighted by Gasteiger charge is 2.21. The fraction of sp³-hybridized carbons (Fsp3) is 0.316. The molecule has 2 aromatic heterocycles. The monoisotopic (exact) mass is 368 g/mol.